The highest BCUT2D eigenvalue weighted by atomic mass is 31.2. The molecule has 0 amide bonds. The van der Waals surface area contributed by atoms with Crippen molar-refractivity contribution in [2.45, 2.75) is 399 Å². The van der Waals surface area contributed by atoms with E-state index in [1.54, 1.807) is 0 Å². The number of phosphoric ester groups is 2. The maximum absolute atomic E-state index is 13.1. The summed E-state index contributed by atoms with van der Waals surface area (Å²) in [4.78, 5) is 59.1. The number of hydrogen-bond acceptors (Lipinski definition) is 14. The number of hydrogen-bond donors (Lipinski definition) is 4. The van der Waals surface area contributed by atoms with E-state index < -0.39 is 91.5 Å². The lowest BCUT2D eigenvalue weighted by Gasteiger charge is -2.21. The van der Waals surface area contributed by atoms with Crippen LogP contribution in [0.5, 0.6) is 0 Å². The van der Waals surface area contributed by atoms with E-state index in [4.69, 9.17) is 32.3 Å². The maximum Gasteiger partial charge on any atom is 0.472 e. The van der Waals surface area contributed by atoms with Gasteiger partial charge in [0, 0.05) is 19.3 Å². The molecule has 4 N–H and O–H groups in total. The van der Waals surface area contributed by atoms with Gasteiger partial charge in [0.25, 0.3) is 0 Å². The molecule has 0 aliphatic carbocycles. The second-order valence-corrected chi connectivity index (χ2v) is 34.6. The Balaban J connectivity index is 4.66. The Morgan fingerprint density at radius 2 is 0.407 bits per heavy atom. The lowest BCUT2D eigenvalue weighted by atomic mass is 10.0. The first-order chi connectivity index (χ1) is 60.2. The molecule has 0 saturated carbocycles. The van der Waals surface area contributed by atoms with Gasteiger partial charge in [-0.1, -0.05) is 401 Å². The summed E-state index contributed by atoms with van der Waals surface area (Å²) in [7, 11) is -9.83. The Labute approximate surface area is 750 Å². The van der Waals surface area contributed by atoms with E-state index in [1.807, 2.05) is 0 Å². The van der Waals surface area contributed by atoms with Crippen LogP contribution < -0.4 is 0 Å². The van der Waals surface area contributed by atoms with Crippen molar-refractivity contribution in [3.63, 3.8) is 0 Å². The van der Waals surface area contributed by atoms with Gasteiger partial charge in [0.15, 0.2) is 6.10 Å². The van der Waals surface area contributed by atoms with Gasteiger partial charge in [0.2, 0.25) is 0 Å². The molecule has 123 heavy (non-hydrogen) atoms. The summed E-state index contributed by atoms with van der Waals surface area (Å²) in [6.07, 6.45) is 129. The third kappa shape index (κ3) is 96.6. The fourth-order valence-corrected chi connectivity index (χ4v) is 14.4. The van der Waals surface area contributed by atoms with Crippen LogP contribution in [0, 0.1) is 0 Å². The predicted molar refractivity (Wildman–Crippen MR) is 518 cm³/mol. The van der Waals surface area contributed by atoms with E-state index in [0.717, 1.165) is 199 Å². The molecule has 0 radical (unpaired) electrons. The van der Waals surface area contributed by atoms with E-state index >= 15 is 0 Å². The van der Waals surface area contributed by atoms with Crippen LogP contribution in [0.3, 0.4) is 0 Å². The molecule has 18 heteroatoms. The first-order valence-electron chi connectivity index (χ1n) is 48.4. The molecule has 5 atom stereocenters. The van der Waals surface area contributed by atoms with E-state index in [2.05, 4.69) is 227 Å². The van der Waals surface area contributed by atoms with Crippen LogP contribution in [0.4, 0.5) is 0 Å². The van der Waals surface area contributed by atoms with Crippen LogP contribution >= 0.6 is 15.6 Å². The molecule has 0 aliphatic rings. The quantitative estimate of drug-likeness (QED) is 0.0146. The highest BCUT2D eigenvalue weighted by molar-refractivity contribution is 7.47. The van der Waals surface area contributed by atoms with Crippen molar-refractivity contribution >= 4 is 33.6 Å². The minimum absolute atomic E-state index is 0.0904. The standard InChI is InChI=1S/C105H174O16P2/c1-4-7-10-13-16-19-22-25-28-31-34-37-40-43-45-47-49-51-53-56-58-61-64-67-70-73-76-79-82-85-88-91-103(108)115-94-100(106)95-117-122(111,112)118-96-101(107)97-119-123(113,114)120-99-102(121-105(110)93-90-87-84-81-78-75-72-69-66-63-60-55-42-39-36-33-30-27-24-21-18-15-12-9-6-3)98-116-104(109)92-89-86-83-80-77-74-71-68-65-62-59-57-54-52-50-48-46-44-41-38-35-32-29-26-23-20-17-14-11-8-5-2/h7-12,16-21,25-30,34-39,43-46,49-52,55,60,100-102,106-107H,4-6,13-15,22-24,31-33,40-42,47-48,53-54,56-59,61-99H2,1-3H3,(H,111,112)(H,113,114)/b10-7-,11-8-,12-9-,19-16-,20-17-,21-18-,28-25-,29-26-,30-27-,37-34-,38-35-,39-36-,45-43-,46-44-,51-49-,52-50-,60-55-. The van der Waals surface area contributed by atoms with E-state index in [9.17, 15) is 43.5 Å². The van der Waals surface area contributed by atoms with Crippen LogP contribution in [0.2, 0.25) is 0 Å². The molecule has 0 spiro atoms. The number of aliphatic hydroxyl groups is 2. The zero-order chi connectivity index (χ0) is 89.3. The van der Waals surface area contributed by atoms with Crippen LogP contribution in [-0.4, -0.2) is 95.9 Å². The molecule has 0 aromatic heterocycles. The normalized spacial score (nSPS) is 14.6. The lowest BCUT2D eigenvalue weighted by molar-refractivity contribution is -0.161. The molecular formula is C105H174O16P2. The molecule has 0 saturated heterocycles. The fraction of sp³-hybridized carbons (Fsp3) is 0.648. The van der Waals surface area contributed by atoms with E-state index in [1.165, 1.54) is 122 Å². The second kappa shape index (κ2) is 95.2. The maximum atomic E-state index is 13.1. The third-order valence-electron chi connectivity index (χ3n) is 20.0. The second-order valence-electron chi connectivity index (χ2n) is 31.7. The molecular weight excluding hydrogens is 1580 g/mol. The Morgan fingerprint density at radius 1 is 0.228 bits per heavy atom. The number of phosphoric acid groups is 2. The zero-order valence-corrected chi connectivity index (χ0v) is 79.1. The fourth-order valence-electron chi connectivity index (χ4n) is 12.8. The summed E-state index contributed by atoms with van der Waals surface area (Å²) in [5.74, 6) is -1.58. The molecule has 0 bridgehead atoms. The summed E-state index contributed by atoms with van der Waals surface area (Å²) in [5.41, 5.74) is 0. The minimum atomic E-state index is -4.95. The van der Waals surface area contributed by atoms with Crippen LogP contribution in [0.25, 0.3) is 0 Å². The zero-order valence-electron chi connectivity index (χ0n) is 77.3. The molecule has 0 heterocycles. The number of ether oxygens (including phenoxy) is 3. The molecule has 0 rings (SSSR count). The first kappa shape index (κ1) is 117. The lowest BCUT2D eigenvalue weighted by Crippen LogP contribution is -2.30. The Kier molecular flexibility index (Phi) is 90.7. The number of allylic oxidation sites excluding steroid dienone is 34. The number of carbonyl (C=O) groups excluding carboxylic acids is 3. The smallest absolute Gasteiger partial charge is 0.463 e. The van der Waals surface area contributed by atoms with Gasteiger partial charge in [-0.05, 0) is 167 Å². The number of unbranched alkanes of at least 4 members (excludes halogenated alkanes) is 33. The molecule has 0 aromatic carbocycles. The number of rotatable bonds is 90. The summed E-state index contributed by atoms with van der Waals surface area (Å²) < 4.78 is 61.6. The van der Waals surface area contributed by atoms with Crippen molar-refractivity contribution in [3.8, 4) is 0 Å². The topological polar surface area (TPSA) is 231 Å². The third-order valence-corrected chi connectivity index (χ3v) is 21.9. The van der Waals surface area contributed by atoms with Crippen molar-refractivity contribution in [2.24, 2.45) is 0 Å². The molecule has 0 aliphatic heterocycles. The van der Waals surface area contributed by atoms with Crippen LogP contribution in [0.15, 0.2) is 207 Å². The van der Waals surface area contributed by atoms with Gasteiger partial charge < -0.3 is 34.2 Å². The van der Waals surface area contributed by atoms with Gasteiger partial charge in [-0.25, -0.2) is 9.13 Å². The number of aliphatic hydroxyl groups excluding tert-OH is 2. The van der Waals surface area contributed by atoms with Crippen molar-refractivity contribution in [1.29, 1.82) is 0 Å². The van der Waals surface area contributed by atoms with Gasteiger partial charge in [-0.2, -0.15) is 0 Å². The molecule has 5 unspecified atom stereocenters. The summed E-state index contributed by atoms with van der Waals surface area (Å²) >= 11 is 0. The van der Waals surface area contributed by atoms with Crippen LogP contribution in [-0.2, 0) is 55.8 Å². The molecule has 0 aromatic rings. The van der Waals surface area contributed by atoms with Crippen LogP contribution in [0.1, 0.15) is 380 Å². The van der Waals surface area contributed by atoms with Crippen molar-refractivity contribution < 1.29 is 75.8 Å². The number of carbonyl (C=O) groups is 3. The van der Waals surface area contributed by atoms with Gasteiger partial charge >= 0.3 is 33.6 Å². The Bertz CT molecular complexity index is 3070. The van der Waals surface area contributed by atoms with Gasteiger partial charge in [0.05, 0.1) is 26.4 Å². The Hall–Kier alpha value is -5.87. The average Bonchev–Trinajstić information content (AvgIpc) is 0.898. The van der Waals surface area contributed by atoms with E-state index in [0.29, 0.717) is 19.3 Å². The summed E-state index contributed by atoms with van der Waals surface area (Å²) in [6, 6.07) is 0. The largest absolute Gasteiger partial charge is 0.472 e. The summed E-state index contributed by atoms with van der Waals surface area (Å²) in [6.45, 7) is 2.37. The highest BCUT2D eigenvalue weighted by Crippen LogP contribution is 2.45. The average molecular weight is 1750 g/mol. The Morgan fingerprint density at radius 3 is 0.642 bits per heavy atom. The molecule has 0 fully saturated rings. The highest BCUT2D eigenvalue weighted by Gasteiger charge is 2.30. The summed E-state index contributed by atoms with van der Waals surface area (Å²) in [5, 5.41) is 20.8. The molecule has 700 valence electrons. The van der Waals surface area contributed by atoms with Gasteiger partial charge in [-0.3, -0.25) is 32.5 Å². The van der Waals surface area contributed by atoms with Crippen molar-refractivity contribution in [3.05, 3.63) is 207 Å². The molecule has 16 nitrogen and oxygen atoms in total. The first-order valence-corrected chi connectivity index (χ1v) is 51.4. The number of esters is 3. The van der Waals surface area contributed by atoms with Gasteiger partial charge in [-0.15, -0.1) is 0 Å². The van der Waals surface area contributed by atoms with Crippen molar-refractivity contribution in [1.82, 2.24) is 0 Å². The minimum Gasteiger partial charge on any atom is -0.463 e. The predicted octanol–water partition coefficient (Wildman–Crippen LogP) is 30.3. The monoisotopic (exact) mass is 1750 g/mol. The SMILES string of the molecule is CC/C=C\C/C=C\C/C=C\C/C=C\C/C=C\C/C=C\CCCCCCCCCCCCCCC(=O)OCC(O)COP(=O)(O)OCC(O)COP(=O)(O)OCC(COC(=O)CCCCCCCCCCCCCC/C=C\C/C=C\C/C=C\C/C=C\C/C=C\C/C=C\CC)OC(=O)CCCCCCCCCCC/C=C\C/C=C\C/C=C\C/C=C\C/C=C\CC. The van der Waals surface area contributed by atoms with Gasteiger partial charge in [0.1, 0.15) is 25.4 Å². The van der Waals surface area contributed by atoms with E-state index in [-0.39, 0.29) is 19.3 Å². The van der Waals surface area contributed by atoms with Crippen molar-refractivity contribution in [2.75, 3.05) is 39.6 Å².